The van der Waals surface area contributed by atoms with Crippen LogP contribution < -0.4 is 5.32 Å². The lowest BCUT2D eigenvalue weighted by Gasteiger charge is -2.26. The predicted octanol–water partition coefficient (Wildman–Crippen LogP) is 1.41. The summed E-state index contributed by atoms with van der Waals surface area (Å²) < 4.78 is 39.1. The molecule has 0 saturated carbocycles. The van der Waals surface area contributed by atoms with Crippen LogP contribution in [0.1, 0.15) is 40.7 Å². The van der Waals surface area contributed by atoms with Gasteiger partial charge in [0.25, 0.3) is 0 Å². The minimum atomic E-state index is -4.98. The number of aliphatic hydroxyl groups is 2. The number of carbonyl (C=O) groups excluding carboxylic acids is 2. The molecule has 2 rings (SSSR count). The van der Waals surface area contributed by atoms with E-state index in [1.54, 1.807) is 11.0 Å². The van der Waals surface area contributed by atoms with Crippen LogP contribution in [-0.4, -0.2) is 96.9 Å². The van der Waals surface area contributed by atoms with Gasteiger partial charge < -0.3 is 20.4 Å². The molecule has 1 heterocycles. The summed E-state index contributed by atoms with van der Waals surface area (Å²) in [6, 6.07) is 5.59. The highest BCUT2D eigenvalue weighted by Gasteiger charge is 2.42. The highest BCUT2D eigenvalue weighted by molar-refractivity contribution is 5.96. The Bertz CT molecular complexity index is 768. The number of halogens is 3. The molecule has 33 heavy (non-hydrogen) atoms. The zero-order chi connectivity index (χ0) is 24.3. The average Bonchev–Trinajstić information content (AvgIpc) is 3.02. The third-order valence-corrected chi connectivity index (χ3v) is 5.77. The minimum absolute atomic E-state index is 0.0554. The van der Waals surface area contributed by atoms with E-state index in [0.717, 1.165) is 36.4 Å². The molecule has 0 atom stereocenters. The third kappa shape index (κ3) is 9.04. The van der Waals surface area contributed by atoms with Crippen molar-refractivity contribution in [1.29, 1.82) is 0 Å². The Labute approximate surface area is 192 Å². The number of aliphatic hydroxyl groups excluding tert-OH is 2. The molecule has 0 fully saturated rings. The van der Waals surface area contributed by atoms with Crippen LogP contribution in [0.25, 0.3) is 0 Å². The Morgan fingerprint density at radius 2 is 1.55 bits per heavy atom. The number of amides is 1. The summed E-state index contributed by atoms with van der Waals surface area (Å²) in [7, 11) is 0. The number of alkyl halides is 3. The van der Waals surface area contributed by atoms with Gasteiger partial charge in [0.2, 0.25) is 0 Å². The van der Waals surface area contributed by atoms with Crippen LogP contribution in [-0.2, 0) is 17.6 Å². The summed E-state index contributed by atoms with van der Waals surface area (Å²) in [5.41, 5.74) is 2.87. The molecule has 1 aliphatic rings. The fourth-order valence-electron chi connectivity index (χ4n) is 4.02. The normalized spacial score (nSPS) is 14.1. The molecule has 0 aromatic heterocycles. The molecule has 0 unspecified atom stereocenters. The van der Waals surface area contributed by atoms with Gasteiger partial charge in [-0.3, -0.25) is 14.5 Å². The Balaban J connectivity index is 1.91. The van der Waals surface area contributed by atoms with E-state index >= 15 is 0 Å². The van der Waals surface area contributed by atoms with Crippen LogP contribution in [0.4, 0.5) is 13.2 Å². The van der Waals surface area contributed by atoms with Crippen molar-refractivity contribution in [2.24, 2.45) is 0 Å². The maximum atomic E-state index is 13.0. The molecule has 1 aliphatic heterocycles. The fourth-order valence-corrected chi connectivity index (χ4v) is 4.02. The highest BCUT2D eigenvalue weighted by atomic mass is 19.4. The first-order valence-electron chi connectivity index (χ1n) is 11.4. The first kappa shape index (κ1) is 27.2. The second-order valence-electron chi connectivity index (χ2n) is 8.19. The molecular weight excluding hydrogens is 439 g/mol. The summed E-state index contributed by atoms with van der Waals surface area (Å²) in [4.78, 5) is 26.9. The van der Waals surface area contributed by atoms with Crippen LogP contribution in [0, 0.1) is 0 Å². The van der Waals surface area contributed by atoms with E-state index in [-0.39, 0.29) is 51.3 Å². The largest absolute Gasteiger partial charge is 0.471 e. The van der Waals surface area contributed by atoms with E-state index < -0.39 is 12.1 Å². The van der Waals surface area contributed by atoms with Crippen molar-refractivity contribution in [2.45, 2.75) is 38.3 Å². The summed E-state index contributed by atoms with van der Waals surface area (Å²) in [5, 5.41) is 21.4. The number of rotatable bonds is 13. The van der Waals surface area contributed by atoms with Gasteiger partial charge in [-0.15, -0.1) is 0 Å². The molecule has 0 bridgehead atoms. The van der Waals surface area contributed by atoms with E-state index in [9.17, 15) is 22.8 Å². The van der Waals surface area contributed by atoms with Crippen LogP contribution >= 0.6 is 0 Å². The number of nitrogens with zero attached hydrogens (tertiary/aromatic N) is 2. The van der Waals surface area contributed by atoms with Crippen molar-refractivity contribution >= 4 is 11.7 Å². The molecular formula is C23H34F3N3O4. The second kappa shape index (κ2) is 13.6. The van der Waals surface area contributed by atoms with E-state index in [1.165, 1.54) is 5.56 Å². The maximum Gasteiger partial charge on any atom is 0.471 e. The van der Waals surface area contributed by atoms with E-state index in [0.29, 0.717) is 25.2 Å². The summed E-state index contributed by atoms with van der Waals surface area (Å²) in [6.45, 7) is 2.10. The number of hydrogen-bond donors (Lipinski definition) is 3. The number of nitrogens with one attached hydrogen (secondary N) is 1. The first-order chi connectivity index (χ1) is 15.8. The molecule has 1 aromatic carbocycles. The van der Waals surface area contributed by atoms with Crippen molar-refractivity contribution < 1.29 is 33.0 Å². The Morgan fingerprint density at radius 3 is 2.18 bits per heavy atom. The summed E-state index contributed by atoms with van der Waals surface area (Å²) >= 11 is 0. The van der Waals surface area contributed by atoms with Crippen molar-refractivity contribution in [3.63, 3.8) is 0 Å². The van der Waals surface area contributed by atoms with E-state index in [4.69, 9.17) is 10.2 Å². The molecule has 186 valence electrons. The van der Waals surface area contributed by atoms with Gasteiger partial charge in [-0.25, -0.2) is 0 Å². The second-order valence-corrected chi connectivity index (χ2v) is 8.19. The SMILES string of the molecule is O=C(CCCN(CCCN(CCO)CCO)C(=O)C(F)(F)F)c1ccc2c(c1)CCNCC2. The highest BCUT2D eigenvalue weighted by Crippen LogP contribution is 2.20. The van der Waals surface area contributed by atoms with Crippen molar-refractivity contribution in [3.8, 4) is 0 Å². The molecule has 1 aromatic rings. The zero-order valence-electron chi connectivity index (χ0n) is 18.9. The third-order valence-electron chi connectivity index (χ3n) is 5.77. The summed E-state index contributed by atoms with van der Waals surface area (Å²) in [5.74, 6) is -2.06. The van der Waals surface area contributed by atoms with Gasteiger partial charge in [-0.1, -0.05) is 12.1 Å². The van der Waals surface area contributed by atoms with Gasteiger partial charge in [0.15, 0.2) is 5.78 Å². The lowest BCUT2D eigenvalue weighted by Crippen LogP contribution is -2.43. The van der Waals surface area contributed by atoms with Crippen LogP contribution in [0.2, 0.25) is 0 Å². The van der Waals surface area contributed by atoms with E-state index in [1.807, 2.05) is 12.1 Å². The smallest absolute Gasteiger partial charge is 0.395 e. The van der Waals surface area contributed by atoms with Gasteiger partial charge in [0.05, 0.1) is 13.2 Å². The number of hydrogen-bond acceptors (Lipinski definition) is 6. The molecule has 7 nitrogen and oxygen atoms in total. The number of benzene rings is 1. The topological polar surface area (TPSA) is 93.1 Å². The maximum absolute atomic E-state index is 13.0. The van der Waals surface area contributed by atoms with Crippen LogP contribution in [0.15, 0.2) is 18.2 Å². The van der Waals surface area contributed by atoms with E-state index in [2.05, 4.69) is 5.32 Å². The Kier molecular flexibility index (Phi) is 11.3. The predicted molar refractivity (Wildman–Crippen MR) is 118 cm³/mol. The molecule has 0 aliphatic carbocycles. The van der Waals surface area contributed by atoms with Gasteiger partial charge >= 0.3 is 12.1 Å². The lowest BCUT2D eigenvalue weighted by molar-refractivity contribution is -0.185. The van der Waals surface area contributed by atoms with Crippen molar-refractivity contribution in [3.05, 3.63) is 34.9 Å². The Morgan fingerprint density at radius 1 is 0.909 bits per heavy atom. The molecule has 3 N–H and O–H groups in total. The summed E-state index contributed by atoms with van der Waals surface area (Å²) in [6.07, 6.45) is -2.81. The molecule has 0 saturated heterocycles. The van der Waals surface area contributed by atoms with Crippen LogP contribution in [0.5, 0.6) is 0 Å². The van der Waals surface area contributed by atoms with Crippen LogP contribution in [0.3, 0.4) is 0 Å². The molecule has 1 amide bonds. The number of fused-ring (bicyclic) bond motifs is 1. The molecule has 10 heteroatoms. The van der Waals surface area contributed by atoms with Gasteiger partial charge in [0, 0.05) is 44.7 Å². The Hall–Kier alpha value is -2.01. The van der Waals surface area contributed by atoms with Crippen molar-refractivity contribution in [1.82, 2.24) is 15.1 Å². The first-order valence-corrected chi connectivity index (χ1v) is 11.4. The standard InChI is InChI=1S/C23H34F3N3O4/c24-23(25,26)22(33)29(12-2-10-28(13-15-30)14-16-31)11-1-3-21(32)20-5-4-18-6-8-27-9-7-19(18)17-20/h4-5,17,27,30-31H,1-3,6-16H2. The molecule has 0 spiro atoms. The minimum Gasteiger partial charge on any atom is -0.395 e. The average molecular weight is 474 g/mol. The van der Waals surface area contributed by atoms with Crippen molar-refractivity contribution in [2.75, 3.05) is 59.0 Å². The number of Topliss-reactive ketones (excluding diaryl/α,β-unsaturated/α-hetero) is 1. The quantitative estimate of drug-likeness (QED) is 0.375. The molecule has 0 radical (unpaired) electrons. The zero-order valence-corrected chi connectivity index (χ0v) is 18.9. The van der Waals surface area contributed by atoms with Gasteiger partial charge in [-0.2, -0.15) is 13.2 Å². The monoisotopic (exact) mass is 473 g/mol. The van der Waals surface area contributed by atoms with Gasteiger partial charge in [-0.05, 0) is 56.0 Å². The number of carbonyl (C=O) groups is 2. The lowest BCUT2D eigenvalue weighted by atomic mass is 9.97. The number of ketones is 1. The van der Waals surface area contributed by atoms with Gasteiger partial charge in [0.1, 0.15) is 0 Å². The fraction of sp³-hybridized carbons (Fsp3) is 0.652.